The van der Waals surface area contributed by atoms with E-state index in [9.17, 15) is 18.3 Å². The van der Waals surface area contributed by atoms with Crippen molar-refractivity contribution in [1.29, 1.82) is 0 Å². The summed E-state index contributed by atoms with van der Waals surface area (Å²) in [7, 11) is -2.60. The van der Waals surface area contributed by atoms with Crippen molar-refractivity contribution in [3.8, 4) is 5.75 Å². The van der Waals surface area contributed by atoms with Crippen LogP contribution in [0.4, 0.5) is 11.4 Å². The molecule has 0 atom stereocenters. The summed E-state index contributed by atoms with van der Waals surface area (Å²) in [6, 6.07) is 8.22. The number of aryl methyl sites for hydroxylation is 1. The molecule has 1 saturated heterocycles. The molecule has 0 saturated carbocycles. The van der Waals surface area contributed by atoms with Crippen molar-refractivity contribution < 1.29 is 23.1 Å². The number of aromatic hydroxyl groups is 1. The van der Waals surface area contributed by atoms with Crippen LogP contribution in [0.1, 0.15) is 5.56 Å². The number of aromatic nitrogens is 2. The third-order valence-electron chi connectivity index (χ3n) is 5.32. The van der Waals surface area contributed by atoms with Crippen LogP contribution in [0.15, 0.2) is 41.4 Å². The van der Waals surface area contributed by atoms with Gasteiger partial charge in [0.2, 0.25) is 15.9 Å². The lowest BCUT2D eigenvalue weighted by atomic mass is 10.2. The lowest BCUT2D eigenvalue weighted by molar-refractivity contribution is -0.116. The Labute approximate surface area is 185 Å². The van der Waals surface area contributed by atoms with Crippen LogP contribution in [0.3, 0.4) is 0 Å². The summed E-state index contributed by atoms with van der Waals surface area (Å²) in [6.07, 6.45) is 1.56. The van der Waals surface area contributed by atoms with E-state index in [1.807, 2.05) is 11.0 Å². The highest BCUT2D eigenvalue weighted by Gasteiger charge is 2.26. The number of likely N-dealkylation sites (N-methyl/N-ethyl adjacent to an activating group) is 1. The van der Waals surface area contributed by atoms with E-state index < -0.39 is 22.5 Å². The second-order valence-electron chi connectivity index (χ2n) is 7.71. The highest BCUT2D eigenvalue weighted by Crippen LogP contribution is 2.31. The summed E-state index contributed by atoms with van der Waals surface area (Å²) in [5.41, 5.74) is 2.20. The van der Waals surface area contributed by atoms with E-state index in [1.165, 1.54) is 13.1 Å². The SMILES string of the molecule is Cc1cc(S(=O)(=O)N(C)CC(=O)Nc2ccc(N3CCOCC3)c(O)c2)c2[nH]ncc2c1. The minimum absolute atomic E-state index is 0.0343. The number of amides is 1. The van der Waals surface area contributed by atoms with Crippen molar-refractivity contribution in [1.82, 2.24) is 14.5 Å². The van der Waals surface area contributed by atoms with Crippen molar-refractivity contribution in [2.75, 3.05) is 50.1 Å². The van der Waals surface area contributed by atoms with Crippen LogP contribution in [0.2, 0.25) is 0 Å². The molecular formula is C21H25N5O5S. The van der Waals surface area contributed by atoms with Crippen molar-refractivity contribution in [2.24, 2.45) is 0 Å². The molecule has 3 N–H and O–H groups in total. The highest BCUT2D eigenvalue weighted by atomic mass is 32.2. The lowest BCUT2D eigenvalue weighted by Crippen LogP contribution is -2.36. The van der Waals surface area contributed by atoms with Gasteiger partial charge in [0.1, 0.15) is 10.6 Å². The molecule has 0 radical (unpaired) electrons. The first-order valence-electron chi connectivity index (χ1n) is 10.1. The number of phenolic OH excluding ortho intramolecular Hbond substituents is 1. The van der Waals surface area contributed by atoms with Crippen molar-refractivity contribution in [3.63, 3.8) is 0 Å². The predicted octanol–water partition coefficient (Wildman–Crippen LogP) is 1.67. The van der Waals surface area contributed by atoms with Crippen LogP contribution in [0.25, 0.3) is 10.9 Å². The van der Waals surface area contributed by atoms with Crippen LogP contribution >= 0.6 is 0 Å². The molecule has 1 fully saturated rings. The van der Waals surface area contributed by atoms with Gasteiger partial charge in [-0.1, -0.05) is 0 Å². The maximum Gasteiger partial charge on any atom is 0.245 e. The van der Waals surface area contributed by atoms with E-state index in [2.05, 4.69) is 15.5 Å². The molecule has 1 aliphatic heterocycles. The summed E-state index contributed by atoms with van der Waals surface area (Å²) in [6.45, 7) is 3.92. The number of H-pyrrole nitrogens is 1. The van der Waals surface area contributed by atoms with Crippen LogP contribution in [-0.4, -0.2) is 73.8 Å². The largest absolute Gasteiger partial charge is 0.506 e. The second-order valence-corrected chi connectivity index (χ2v) is 9.72. The molecule has 2 aromatic carbocycles. The topological polar surface area (TPSA) is 128 Å². The van der Waals surface area contributed by atoms with Gasteiger partial charge >= 0.3 is 0 Å². The number of fused-ring (bicyclic) bond motifs is 1. The molecule has 1 amide bonds. The number of morpholine rings is 1. The zero-order chi connectivity index (χ0) is 22.9. The molecule has 0 aliphatic carbocycles. The molecule has 10 nitrogen and oxygen atoms in total. The van der Waals surface area contributed by atoms with E-state index in [0.717, 1.165) is 9.87 Å². The van der Waals surface area contributed by atoms with Crippen molar-refractivity contribution in [3.05, 3.63) is 42.1 Å². The zero-order valence-corrected chi connectivity index (χ0v) is 18.6. The Morgan fingerprint density at radius 2 is 2.03 bits per heavy atom. The molecule has 0 bridgehead atoms. The van der Waals surface area contributed by atoms with Gasteiger partial charge in [0.15, 0.2) is 0 Å². The number of nitrogens with zero attached hydrogens (tertiary/aromatic N) is 3. The Balaban J connectivity index is 1.46. The molecule has 0 unspecified atom stereocenters. The fourth-order valence-corrected chi connectivity index (χ4v) is 5.08. The average Bonchev–Trinajstić information content (AvgIpc) is 3.22. The molecule has 4 rings (SSSR count). The number of anilines is 2. The van der Waals surface area contributed by atoms with Crippen molar-refractivity contribution >= 4 is 38.2 Å². The van der Waals surface area contributed by atoms with Gasteiger partial charge in [-0.2, -0.15) is 9.40 Å². The summed E-state index contributed by atoms with van der Waals surface area (Å²) >= 11 is 0. The minimum Gasteiger partial charge on any atom is -0.506 e. The third-order valence-corrected chi connectivity index (χ3v) is 7.15. The Morgan fingerprint density at radius 1 is 1.28 bits per heavy atom. The molecule has 0 spiro atoms. The molecule has 3 aromatic rings. The number of hydrogen-bond acceptors (Lipinski definition) is 7. The second kappa shape index (κ2) is 8.77. The molecule has 11 heteroatoms. The maximum atomic E-state index is 13.1. The van der Waals surface area contributed by atoms with Gasteiger partial charge in [0, 0.05) is 37.3 Å². The third kappa shape index (κ3) is 4.40. The van der Waals surface area contributed by atoms with Crippen molar-refractivity contribution in [2.45, 2.75) is 11.8 Å². The fourth-order valence-electron chi connectivity index (χ4n) is 3.70. The van der Waals surface area contributed by atoms with Crippen LogP contribution in [0, 0.1) is 6.92 Å². The van der Waals surface area contributed by atoms with E-state index in [4.69, 9.17) is 4.74 Å². The summed E-state index contributed by atoms with van der Waals surface area (Å²) in [5, 5.41) is 20.3. The summed E-state index contributed by atoms with van der Waals surface area (Å²) in [4.78, 5) is 14.6. The lowest BCUT2D eigenvalue weighted by Gasteiger charge is -2.29. The number of phenols is 1. The Kier molecular flexibility index (Phi) is 6.04. The molecule has 170 valence electrons. The maximum absolute atomic E-state index is 13.1. The molecular weight excluding hydrogens is 434 g/mol. The molecule has 32 heavy (non-hydrogen) atoms. The highest BCUT2D eigenvalue weighted by molar-refractivity contribution is 7.89. The van der Waals surface area contributed by atoms with E-state index >= 15 is 0 Å². The minimum atomic E-state index is -3.94. The summed E-state index contributed by atoms with van der Waals surface area (Å²) < 4.78 is 32.5. The number of carbonyl (C=O) groups is 1. The average molecular weight is 460 g/mol. The normalized spacial score (nSPS) is 14.8. The first-order chi connectivity index (χ1) is 15.3. The number of aromatic amines is 1. The summed E-state index contributed by atoms with van der Waals surface area (Å²) in [5.74, 6) is -0.491. The molecule has 1 aliphatic rings. The number of rotatable bonds is 6. The Bertz CT molecular complexity index is 1250. The van der Waals surface area contributed by atoms with Gasteiger partial charge in [0.05, 0.1) is 37.2 Å². The standard InChI is InChI=1S/C21H25N5O5S/c1-14-9-15-12-22-24-21(15)19(10-14)32(29,30)25(2)13-20(28)23-16-3-4-17(18(27)11-16)26-5-7-31-8-6-26/h3-4,9-12,27H,5-8,13H2,1-2H3,(H,22,24)(H,23,28). The zero-order valence-electron chi connectivity index (χ0n) is 17.8. The quantitative estimate of drug-likeness (QED) is 0.512. The van der Waals surface area contributed by atoms with Gasteiger partial charge < -0.3 is 20.1 Å². The fraction of sp³-hybridized carbons (Fsp3) is 0.333. The smallest absolute Gasteiger partial charge is 0.245 e. The number of nitrogens with one attached hydrogen (secondary N) is 2. The molecule has 2 heterocycles. The van der Waals surface area contributed by atoms with Gasteiger partial charge in [-0.15, -0.1) is 0 Å². The first kappa shape index (κ1) is 22.1. The van der Waals surface area contributed by atoms with Crippen LogP contribution in [0.5, 0.6) is 5.75 Å². The first-order valence-corrected chi connectivity index (χ1v) is 11.6. The number of benzene rings is 2. The van der Waals surface area contributed by atoms with Crippen LogP contribution in [-0.2, 0) is 19.6 Å². The Hall–Kier alpha value is -3.15. The van der Waals surface area contributed by atoms with E-state index in [0.29, 0.717) is 48.6 Å². The number of ether oxygens (including phenoxy) is 1. The number of hydrogen-bond donors (Lipinski definition) is 3. The number of sulfonamides is 1. The monoisotopic (exact) mass is 459 g/mol. The predicted molar refractivity (Wildman–Crippen MR) is 120 cm³/mol. The van der Waals surface area contributed by atoms with Crippen LogP contribution < -0.4 is 10.2 Å². The number of carbonyl (C=O) groups excluding carboxylic acids is 1. The van der Waals surface area contributed by atoms with E-state index in [-0.39, 0.29) is 10.6 Å². The van der Waals surface area contributed by atoms with E-state index in [1.54, 1.807) is 31.3 Å². The molecule has 1 aromatic heterocycles. The van der Waals surface area contributed by atoms with Gasteiger partial charge in [0.25, 0.3) is 0 Å². The Morgan fingerprint density at radius 3 is 2.75 bits per heavy atom. The van der Waals surface area contributed by atoms with Gasteiger partial charge in [-0.3, -0.25) is 9.89 Å². The van der Waals surface area contributed by atoms with Gasteiger partial charge in [-0.25, -0.2) is 8.42 Å². The van der Waals surface area contributed by atoms with Gasteiger partial charge in [-0.05, 0) is 36.8 Å².